The van der Waals surface area contributed by atoms with Crippen LogP contribution in [0.25, 0.3) is 0 Å². The van der Waals surface area contributed by atoms with E-state index in [2.05, 4.69) is 22.0 Å². The second kappa shape index (κ2) is 4.99. The van der Waals surface area contributed by atoms with Gasteiger partial charge in [-0.2, -0.15) is 0 Å². The second-order valence-electron chi connectivity index (χ2n) is 5.14. The normalized spacial score (nSPS) is 19.2. The third kappa shape index (κ3) is 2.23. The van der Waals surface area contributed by atoms with Crippen LogP contribution >= 0.6 is 15.9 Å². The molecule has 0 aliphatic heterocycles. The van der Waals surface area contributed by atoms with Gasteiger partial charge in [0.05, 0.1) is 4.47 Å². The maximum Gasteiger partial charge on any atom is 0.133 e. The van der Waals surface area contributed by atoms with Crippen LogP contribution in [0, 0.1) is 6.92 Å². The number of rotatable bonds is 2. The van der Waals surface area contributed by atoms with E-state index in [4.69, 9.17) is 5.73 Å². The number of benzene rings is 1. The molecule has 0 spiro atoms. The molecule has 0 atom stereocenters. The molecule has 0 unspecified atom stereocenters. The molecule has 3 N–H and O–H groups in total. The van der Waals surface area contributed by atoms with E-state index >= 15 is 0 Å². The Kier molecular flexibility index (Phi) is 3.79. The zero-order valence-electron chi connectivity index (χ0n) is 10.3. The van der Waals surface area contributed by atoms with Crippen molar-refractivity contribution in [2.24, 2.45) is 5.73 Å². The van der Waals surface area contributed by atoms with Crippen molar-refractivity contribution >= 4 is 15.9 Å². The van der Waals surface area contributed by atoms with Crippen molar-refractivity contribution in [2.75, 3.05) is 6.54 Å². The molecule has 0 radical (unpaired) electrons. The Morgan fingerprint density at radius 3 is 2.53 bits per heavy atom. The Morgan fingerprint density at radius 2 is 1.94 bits per heavy atom. The van der Waals surface area contributed by atoms with Crippen molar-refractivity contribution in [1.29, 1.82) is 0 Å². The molecule has 0 aromatic heterocycles. The third-order valence-corrected chi connectivity index (χ3v) is 5.08. The van der Waals surface area contributed by atoms with Gasteiger partial charge in [0.15, 0.2) is 0 Å². The highest BCUT2D eigenvalue weighted by Crippen LogP contribution is 2.45. The first-order valence-electron chi connectivity index (χ1n) is 6.29. The summed E-state index contributed by atoms with van der Waals surface area (Å²) < 4.78 is 0.813. The van der Waals surface area contributed by atoms with Gasteiger partial charge in [-0.1, -0.05) is 31.4 Å². The monoisotopic (exact) mass is 297 g/mol. The lowest BCUT2D eigenvalue weighted by Gasteiger charge is -2.37. The molecule has 1 fully saturated rings. The van der Waals surface area contributed by atoms with Crippen molar-refractivity contribution in [3.8, 4) is 5.75 Å². The van der Waals surface area contributed by atoms with Crippen LogP contribution in [0.3, 0.4) is 0 Å². The molecule has 3 heteroatoms. The Morgan fingerprint density at radius 1 is 1.29 bits per heavy atom. The molecule has 0 bridgehead atoms. The van der Waals surface area contributed by atoms with Gasteiger partial charge in [-0.3, -0.25) is 0 Å². The van der Waals surface area contributed by atoms with Crippen LogP contribution in [-0.4, -0.2) is 11.7 Å². The highest BCUT2D eigenvalue weighted by atomic mass is 79.9. The fourth-order valence-corrected chi connectivity index (χ4v) is 3.25. The molecule has 1 aliphatic carbocycles. The van der Waals surface area contributed by atoms with E-state index in [1.54, 1.807) is 0 Å². The van der Waals surface area contributed by atoms with Gasteiger partial charge in [0.1, 0.15) is 5.75 Å². The van der Waals surface area contributed by atoms with Gasteiger partial charge in [-0.25, -0.2) is 0 Å². The summed E-state index contributed by atoms with van der Waals surface area (Å²) in [7, 11) is 0. The van der Waals surface area contributed by atoms with Gasteiger partial charge in [0.25, 0.3) is 0 Å². The molecule has 1 aliphatic rings. The van der Waals surface area contributed by atoms with Gasteiger partial charge in [0, 0.05) is 17.5 Å². The second-order valence-corrected chi connectivity index (χ2v) is 5.93. The minimum Gasteiger partial charge on any atom is -0.506 e. The van der Waals surface area contributed by atoms with Crippen LogP contribution in [-0.2, 0) is 5.41 Å². The molecule has 1 saturated carbocycles. The highest BCUT2D eigenvalue weighted by Gasteiger charge is 2.35. The average molecular weight is 298 g/mol. The molecule has 0 heterocycles. The lowest BCUT2D eigenvalue weighted by molar-refractivity contribution is 0.290. The third-order valence-electron chi connectivity index (χ3n) is 4.08. The summed E-state index contributed by atoms with van der Waals surface area (Å²) in [6.07, 6.45) is 5.89. The fourth-order valence-electron chi connectivity index (χ4n) is 2.91. The first-order chi connectivity index (χ1) is 8.10. The number of phenolic OH excluding ortho intramolecular Hbond substituents is 1. The van der Waals surface area contributed by atoms with Crippen molar-refractivity contribution in [2.45, 2.75) is 44.4 Å². The van der Waals surface area contributed by atoms with Gasteiger partial charge in [-0.05, 0) is 41.3 Å². The quantitative estimate of drug-likeness (QED) is 0.876. The maximum atomic E-state index is 10.3. The van der Waals surface area contributed by atoms with E-state index in [0.29, 0.717) is 12.3 Å². The molecule has 0 saturated heterocycles. The summed E-state index contributed by atoms with van der Waals surface area (Å²) in [5, 5.41) is 10.3. The Labute approximate surface area is 111 Å². The number of hydrogen-bond acceptors (Lipinski definition) is 2. The van der Waals surface area contributed by atoms with Crippen LogP contribution in [0.15, 0.2) is 16.6 Å². The SMILES string of the molecule is Cc1ccc(C2(CN)CCCCC2)c(O)c1Br. The largest absolute Gasteiger partial charge is 0.506 e. The van der Waals surface area contributed by atoms with Crippen molar-refractivity contribution in [1.82, 2.24) is 0 Å². The average Bonchev–Trinajstić information content (AvgIpc) is 2.37. The molecule has 17 heavy (non-hydrogen) atoms. The minimum absolute atomic E-state index is 0.0153. The first kappa shape index (κ1) is 12.9. The van der Waals surface area contributed by atoms with E-state index < -0.39 is 0 Å². The Hall–Kier alpha value is -0.540. The lowest BCUT2D eigenvalue weighted by atomic mass is 9.69. The van der Waals surface area contributed by atoms with E-state index in [1.165, 1.54) is 19.3 Å². The first-order valence-corrected chi connectivity index (χ1v) is 7.09. The van der Waals surface area contributed by atoms with Gasteiger partial charge in [0.2, 0.25) is 0 Å². The van der Waals surface area contributed by atoms with Crippen LogP contribution in [0.4, 0.5) is 0 Å². The standard InChI is InChI=1S/C14H20BrNO/c1-10-5-6-11(13(17)12(10)15)14(9-16)7-3-2-4-8-14/h5-6,17H,2-4,7-9,16H2,1H3. The molecule has 1 aromatic rings. The molecular weight excluding hydrogens is 278 g/mol. The summed E-state index contributed by atoms with van der Waals surface area (Å²) in [4.78, 5) is 0. The van der Waals surface area contributed by atoms with Crippen LogP contribution in [0.5, 0.6) is 5.75 Å². The van der Waals surface area contributed by atoms with E-state index in [1.807, 2.05) is 13.0 Å². The summed E-state index contributed by atoms with van der Waals surface area (Å²) >= 11 is 3.46. The van der Waals surface area contributed by atoms with Gasteiger partial charge in [-0.15, -0.1) is 0 Å². The molecule has 2 nitrogen and oxygen atoms in total. The lowest BCUT2D eigenvalue weighted by Crippen LogP contribution is -2.37. The van der Waals surface area contributed by atoms with E-state index in [-0.39, 0.29) is 5.41 Å². The van der Waals surface area contributed by atoms with E-state index in [0.717, 1.165) is 28.4 Å². The number of aryl methyl sites for hydroxylation is 1. The van der Waals surface area contributed by atoms with E-state index in [9.17, 15) is 5.11 Å². The predicted octanol–water partition coefficient (Wildman–Crippen LogP) is 3.62. The smallest absolute Gasteiger partial charge is 0.133 e. The Balaban J connectivity index is 2.47. The summed E-state index contributed by atoms with van der Waals surface area (Å²) in [6.45, 7) is 2.61. The molecule has 2 rings (SSSR count). The Bertz CT molecular complexity index is 411. The van der Waals surface area contributed by atoms with Crippen molar-refractivity contribution in [3.63, 3.8) is 0 Å². The number of nitrogens with two attached hydrogens (primary N) is 1. The summed E-state index contributed by atoms with van der Waals surface area (Å²) in [6, 6.07) is 4.11. The molecule has 94 valence electrons. The van der Waals surface area contributed by atoms with Crippen LogP contribution < -0.4 is 5.73 Å². The number of halogens is 1. The highest BCUT2D eigenvalue weighted by molar-refractivity contribution is 9.10. The van der Waals surface area contributed by atoms with Gasteiger partial charge < -0.3 is 10.8 Å². The fraction of sp³-hybridized carbons (Fsp3) is 0.571. The van der Waals surface area contributed by atoms with Crippen LogP contribution in [0.2, 0.25) is 0 Å². The molecule has 1 aromatic carbocycles. The minimum atomic E-state index is -0.0153. The topological polar surface area (TPSA) is 46.2 Å². The zero-order chi connectivity index (χ0) is 12.5. The zero-order valence-corrected chi connectivity index (χ0v) is 11.9. The number of hydrogen-bond donors (Lipinski definition) is 2. The summed E-state index contributed by atoms with van der Waals surface area (Å²) in [5.41, 5.74) is 8.07. The van der Waals surface area contributed by atoms with Crippen molar-refractivity contribution in [3.05, 3.63) is 27.7 Å². The number of aromatic hydroxyl groups is 1. The van der Waals surface area contributed by atoms with Gasteiger partial charge >= 0.3 is 0 Å². The molecule has 0 amide bonds. The maximum absolute atomic E-state index is 10.3. The van der Waals surface area contributed by atoms with Crippen LogP contribution in [0.1, 0.15) is 43.2 Å². The molecular formula is C14H20BrNO. The summed E-state index contributed by atoms with van der Waals surface area (Å²) in [5.74, 6) is 0.386. The number of phenols is 1. The van der Waals surface area contributed by atoms with Crippen molar-refractivity contribution < 1.29 is 5.11 Å². The predicted molar refractivity (Wildman–Crippen MR) is 74.4 cm³/mol.